The molecule has 0 atom stereocenters. The molecule has 176 valence electrons. The summed E-state index contributed by atoms with van der Waals surface area (Å²) in [5.41, 5.74) is 2.93. The highest BCUT2D eigenvalue weighted by atomic mass is 32.2. The van der Waals surface area contributed by atoms with Crippen molar-refractivity contribution >= 4 is 21.6 Å². The molecule has 1 N–H and O–H groups in total. The Morgan fingerprint density at radius 2 is 1.47 bits per heavy atom. The van der Waals surface area contributed by atoms with Gasteiger partial charge in [-0.25, -0.2) is 8.42 Å². The molecular formula is C26H38N2O3S. The van der Waals surface area contributed by atoms with E-state index >= 15 is 0 Å². The van der Waals surface area contributed by atoms with Crippen LogP contribution in [-0.4, -0.2) is 26.1 Å². The molecule has 0 heterocycles. The molecule has 0 saturated carbocycles. The number of carbonyl (C=O) groups excluding carboxylic acids is 1. The van der Waals surface area contributed by atoms with Crippen molar-refractivity contribution in [3.8, 4) is 0 Å². The highest BCUT2D eigenvalue weighted by Crippen LogP contribution is 2.27. The average Bonchev–Trinajstić information content (AvgIpc) is 2.63. The second-order valence-electron chi connectivity index (χ2n) is 10.8. The molecule has 5 nitrogen and oxygen atoms in total. The van der Waals surface area contributed by atoms with Crippen molar-refractivity contribution < 1.29 is 13.2 Å². The lowest BCUT2D eigenvalue weighted by molar-refractivity contribution is 0.0891. The maximum atomic E-state index is 12.7. The summed E-state index contributed by atoms with van der Waals surface area (Å²) in [6, 6.07) is 14.7. The van der Waals surface area contributed by atoms with Gasteiger partial charge in [0.2, 0.25) is 10.0 Å². The van der Waals surface area contributed by atoms with Gasteiger partial charge in [-0.1, -0.05) is 58.9 Å². The number of nitrogens with zero attached hydrogens (tertiary/aromatic N) is 1. The van der Waals surface area contributed by atoms with Gasteiger partial charge < -0.3 is 5.32 Å². The van der Waals surface area contributed by atoms with Crippen molar-refractivity contribution in [2.24, 2.45) is 5.41 Å². The standard InChI is InChI=1S/C26H38N2O3S/c1-19(2)21-13-15-23(16-14-21)28(32(8,30)31)17-20-9-11-22(12-10-20)24(29)27-26(6,7)18-25(3,4)5/h9-16,19H,17-18H2,1-8H3,(H,27,29). The van der Waals surface area contributed by atoms with E-state index < -0.39 is 10.0 Å². The van der Waals surface area contributed by atoms with Gasteiger partial charge in [-0.15, -0.1) is 0 Å². The van der Waals surface area contributed by atoms with Gasteiger partial charge in [0.05, 0.1) is 18.5 Å². The van der Waals surface area contributed by atoms with Gasteiger partial charge in [0.25, 0.3) is 5.91 Å². The van der Waals surface area contributed by atoms with Crippen molar-refractivity contribution in [1.82, 2.24) is 5.32 Å². The SMILES string of the molecule is CC(C)c1ccc(N(Cc2ccc(C(=O)NC(C)(C)CC(C)(C)C)cc2)S(C)(=O)=O)cc1. The number of hydrogen-bond acceptors (Lipinski definition) is 3. The van der Waals surface area contributed by atoms with Gasteiger partial charge in [-0.05, 0) is 67.0 Å². The molecule has 0 bridgehead atoms. The van der Waals surface area contributed by atoms with Crippen LogP contribution in [0.2, 0.25) is 0 Å². The lowest BCUT2D eigenvalue weighted by Gasteiger charge is -2.33. The van der Waals surface area contributed by atoms with Gasteiger partial charge in [0.1, 0.15) is 0 Å². The second kappa shape index (κ2) is 9.65. The van der Waals surface area contributed by atoms with Crippen LogP contribution in [0, 0.1) is 5.41 Å². The predicted molar refractivity (Wildman–Crippen MR) is 134 cm³/mol. The Morgan fingerprint density at radius 1 is 0.938 bits per heavy atom. The molecule has 2 aromatic rings. The lowest BCUT2D eigenvalue weighted by Crippen LogP contribution is -2.45. The van der Waals surface area contributed by atoms with Crippen molar-refractivity contribution in [1.29, 1.82) is 0 Å². The zero-order valence-corrected chi connectivity index (χ0v) is 21.5. The summed E-state index contributed by atoms with van der Waals surface area (Å²) in [7, 11) is -3.46. The van der Waals surface area contributed by atoms with Crippen LogP contribution in [0.4, 0.5) is 5.69 Å². The first-order chi connectivity index (χ1) is 14.6. The van der Waals surface area contributed by atoms with E-state index in [1.54, 1.807) is 12.1 Å². The topological polar surface area (TPSA) is 66.5 Å². The molecule has 0 aliphatic heterocycles. The molecule has 0 aliphatic carbocycles. The van der Waals surface area contributed by atoms with E-state index in [9.17, 15) is 13.2 Å². The van der Waals surface area contributed by atoms with Crippen LogP contribution >= 0.6 is 0 Å². The summed E-state index contributed by atoms with van der Waals surface area (Å²) in [6.07, 6.45) is 2.06. The summed E-state index contributed by atoms with van der Waals surface area (Å²) in [6.45, 7) is 14.9. The fourth-order valence-electron chi connectivity index (χ4n) is 4.10. The van der Waals surface area contributed by atoms with E-state index in [4.69, 9.17) is 0 Å². The lowest BCUT2D eigenvalue weighted by atomic mass is 9.81. The van der Waals surface area contributed by atoms with Crippen LogP contribution in [-0.2, 0) is 16.6 Å². The number of benzene rings is 2. The van der Waals surface area contributed by atoms with Crippen molar-refractivity contribution in [2.45, 2.75) is 72.9 Å². The Kier molecular flexibility index (Phi) is 7.82. The maximum Gasteiger partial charge on any atom is 0.251 e. The summed E-state index contributed by atoms with van der Waals surface area (Å²) in [4.78, 5) is 12.7. The maximum absolute atomic E-state index is 12.7. The molecule has 0 spiro atoms. The zero-order valence-electron chi connectivity index (χ0n) is 20.7. The summed E-state index contributed by atoms with van der Waals surface area (Å²) in [5.74, 6) is 0.248. The van der Waals surface area contributed by atoms with E-state index in [0.717, 1.165) is 17.5 Å². The summed E-state index contributed by atoms with van der Waals surface area (Å²) >= 11 is 0. The van der Waals surface area contributed by atoms with E-state index in [-0.39, 0.29) is 23.4 Å². The largest absolute Gasteiger partial charge is 0.347 e. The minimum Gasteiger partial charge on any atom is -0.347 e. The van der Waals surface area contributed by atoms with Crippen LogP contribution in [0.5, 0.6) is 0 Å². The number of hydrogen-bond donors (Lipinski definition) is 1. The zero-order chi connectivity index (χ0) is 24.3. The highest BCUT2D eigenvalue weighted by molar-refractivity contribution is 7.92. The quantitative estimate of drug-likeness (QED) is 0.550. The van der Waals surface area contributed by atoms with E-state index in [1.165, 1.54) is 10.6 Å². The Balaban J connectivity index is 2.17. The van der Waals surface area contributed by atoms with Crippen LogP contribution < -0.4 is 9.62 Å². The first-order valence-corrected chi connectivity index (χ1v) is 12.9. The molecule has 1 amide bonds. The smallest absolute Gasteiger partial charge is 0.251 e. The molecular weight excluding hydrogens is 420 g/mol. The minimum atomic E-state index is -3.46. The van der Waals surface area contributed by atoms with Gasteiger partial charge in [-0.2, -0.15) is 0 Å². The molecule has 32 heavy (non-hydrogen) atoms. The Labute approximate surface area is 194 Å². The molecule has 0 fully saturated rings. The van der Waals surface area contributed by atoms with Crippen LogP contribution in [0.25, 0.3) is 0 Å². The fraction of sp³-hybridized carbons (Fsp3) is 0.500. The number of carbonyl (C=O) groups is 1. The molecule has 0 aromatic heterocycles. The molecule has 6 heteroatoms. The van der Waals surface area contributed by atoms with Crippen LogP contribution in [0.3, 0.4) is 0 Å². The van der Waals surface area contributed by atoms with Gasteiger partial charge >= 0.3 is 0 Å². The first kappa shape index (κ1) is 25.9. The highest BCUT2D eigenvalue weighted by Gasteiger charge is 2.27. The van der Waals surface area contributed by atoms with Crippen LogP contribution in [0.1, 0.15) is 82.3 Å². The first-order valence-electron chi connectivity index (χ1n) is 11.1. The summed E-state index contributed by atoms with van der Waals surface area (Å²) < 4.78 is 26.3. The van der Waals surface area contributed by atoms with Crippen molar-refractivity contribution in [3.63, 3.8) is 0 Å². The average molecular weight is 459 g/mol. The Morgan fingerprint density at radius 3 is 1.91 bits per heavy atom. The molecule has 0 unspecified atom stereocenters. The Hall–Kier alpha value is -2.34. The normalized spacial score (nSPS) is 12.7. The third-order valence-electron chi connectivity index (χ3n) is 5.21. The molecule has 0 saturated heterocycles. The molecule has 2 aromatic carbocycles. The molecule has 0 aliphatic rings. The number of amides is 1. The van der Waals surface area contributed by atoms with Gasteiger partial charge in [0, 0.05) is 11.1 Å². The van der Waals surface area contributed by atoms with E-state index in [1.807, 2.05) is 50.2 Å². The van der Waals surface area contributed by atoms with Crippen molar-refractivity contribution in [3.05, 3.63) is 65.2 Å². The molecule has 0 radical (unpaired) electrons. The van der Waals surface area contributed by atoms with Crippen LogP contribution in [0.15, 0.2) is 48.5 Å². The monoisotopic (exact) mass is 458 g/mol. The van der Waals surface area contributed by atoms with Gasteiger partial charge in [-0.3, -0.25) is 9.10 Å². The molecule has 2 rings (SSSR count). The number of nitrogens with one attached hydrogen (secondary N) is 1. The third-order valence-corrected chi connectivity index (χ3v) is 6.36. The number of anilines is 1. The second-order valence-corrected chi connectivity index (χ2v) is 12.7. The van der Waals surface area contributed by atoms with Crippen molar-refractivity contribution in [2.75, 3.05) is 10.6 Å². The van der Waals surface area contributed by atoms with E-state index in [0.29, 0.717) is 17.2 Å². The third kappa shape index (κ3) is 7.66. The van der Waals surface area contributed by atoms with E-state index in [2.05, 4.69) is 39.9 Å². The van der Waals surface area contributed by atoms with Gasteiger partial charge in [0.15, 0.2) is 0 Å². The minimum absolute atomic E-state index is 0.100. The number of rotatable bonds is 8. The Bertz CT molecular complexity index is 1020. The number of sulfonamides is 1. The summed E-state index contributed by atoms with van der Waals surface area (Å²) in [5, 5.41) is 3.11. The predicted octanol–water partition coefficient (Wildman–Crippen LogP) is 5.72. The fourth-order valence-corrected chi connectivity index (χ4v) is 4.99.